The fourth-order valence-corrected chi connectivity index (χ4v) is 4.18. The molecule has 0 bridgehead atoms. The molecule has 0 aliphatic carbocycles. The van der Waals surface area contributed by atoms with Crippen molar-refractivity contribution in [2.75, 3.05) is 35.2 Å². The summed E-state index contributed by atoms with van der Waals surface area (Å²) in [6.45, 7) is -0.179. The SMILES string of the molecule is COCOc1c(C(=O)O)c(C(=O)OC)c(-c2ccc(OC)c(OC)c2)c2sccc12. The Bertz CT molecular complexity index is 1100. The summed E-state index contributed by atoms with van der Waals surface area (Å²) in [5.74, 6) is -1.13. The number of esters is 1. The number of carboxylic acids is 1. The number of thiophene rings is 1. The van der Waals surface area contributed by atoms with Crippen LogP contribution in [-0.2, 0) is 9.47 Å². The van der Waals surface area contributed by atoms with Crippen LogP contribution in [0.25, 0.3) is 21.2 Å². The average molecular weight is 432 g/mol. The summed E-state index contributed by atoms with van der Waals surface area (Å²) in [5.41, 5.74) is 0.573. The molecular formula is C21H20O8S. The molecule has 1 heterocycles. The van der Waals surface area contributed by atoms with Crippen LogP contribution in [0.1, 0.15) is 20.7 Å². The van der Waals surface area contributed by atoms with Gasteiger partial charge < -0.3 is 28.8 Å². The van der Waals surface area contributed by atoms with Gasteiger partial charge in [0.25, 0.3) is 0 Å². The second-order valence-corrected chi connectivity index (χ2v) is 6.95. The van der Waals surface area contributed by atoms with Gasteiger partial charge in [-0.05, 0) is 29.1 Å². The molecule has 30 heavy (non-hydrogen) atoms. The number of ether oxygens (including phenoxy) is 5. The lowest BCUT2D eigenvalue weighted by atomic mass is 9.92. The number of benzene rings is 2. The zero-order chi connectivity index (χ0) is 21.8. The quantitative estimate of drug-likeness (QED) is 0.420. The Kier molecular flexibility index (Phi) is 6.43. The minimum Gasteiger partial charge on any atom is -0.493 e. The van der Waals surface area contributed by atoms with Crippen LogP contribution in [0.15, 0.2) is 29.6 Å². The van der Waals surface area contributed by atoms with Crippen LogP contribution in [0.4, 0.5) is 0 Å². The molecule has 1 N–H and O–H groups in total. The molecule has 3 rings (SSSR count). The number of hydrogen-bond donors (Lipinski definition) is 1. The van der Waals surface area contributed by atoms with E-state index in [1.54, 1.807) is 29.6 Å². The van der Waals surface area contributed by atoms with E-state index >= 15 is 0 Å². The van der Waals surface area contributed by atoms with Crippen molar-refractivity contribution in [3.05, 3.63) is 40.8 Å². The van der Waals surface area contributed by atoms with E-state index in [1.165, 1.54) is 39.8 Å². The Morgan fingerprint density at radius 3 is 2.33 bits per heavy atom. The van der Waals surface area contributed by atoms with Gasteiger partial charge in [0.05, 0.1) is 26.9 Å². The third-order valence-electron chi connectivity index (χ3n) is 4.46. The summed E-state index contributed by atoms with van der Waals surface area (Å²) in [4.78, 5) is 25.0. The Labute approximate surface area is 176 Å². The van der Waals surface area contributed by atoms with Gasteiger partial charge in [-0.2, -0.15) is 0 Å². The van der Waals surface area contributed by atoms with Gasteiger partial charge in [0.1, 0.15) is 11.3 Å². The highest BCUT2D eigenvalue weighted by atomic mass is 32.1. The molecule has 0 aliphatic heterocycles. The summed E-state index contributed by atoms with van der Waals surface area (Å²) in [7, 11) is 5.62. The minimum absolute atomic E-state index is 0.0465. The predicted octanol–water partition coefficient (Wildman–Crippen LogP) is 4.05. The monoisotopic (exact) mass is 432 g/mol. The van der Waals surface area contributed by atoms with Crippen molar-refractivity contribution in [3.63, 3.8) is 0 Å². The van der Waals surface area contributed by atoms with Crippen molar-refractivity contribution in [1.82, 2.24) is 0 Å². The van der Waals surface area contributed by atoms with Crippen molar-refractivity contribution >= 4 is 33.4 Å². The van der Waals surface area contributed by atoms with E-state index < -0.39 is 11.9 Å². The maximum Gasteiger partial charge on any atom is 0.340 e. The molecule has 9 heteroatoms. The average Bonchev–Trinajstić information content (AvgIpc) is 3.24. The zero-order valence-corrected chi connectivity index (χ0v) is 17.6. The summed E-state index contributed by atoms with van der Waals surface area (Å²) >= 11 is 1.35. The lowest BCUT2D eigenvalue weighted by Gasteiger charge is -2.18. The predicted molar refractivity (Wildman–Crippen MR) is 111 cm³/mol. The molecule has 0 fully saturated rings. The Hall–Kier alpha value is -3.30. The number of carboxylic acid groups (broad SMARTS) is 1. The van der Waals surface area contributed by atoms with E-state index in [2.05, 4.69) is 0 Å². The van der Waals surface area contributed by atoms with Crippen LogP contribution in [0.2, 0.25) is 0 Å². The van der Waals surface area contributed by atoms with Crippen LogP contribution >= 0.6 is 11.3 Å². The third kappa shape index (κ3) is 3.64. The molecule has 0 radical (unpaired) electrons. The van der Waals surface area contributed by atoms with Crippen LogP contribution in [0.3, 0.4) is 0 Å². The molecule has 0 amide bonds. The van der Waals surface area contributed by atoms with Crippen molar-refractivity contribution < 1.29 is 38.4 Å². The van der Waals surface area contributed by atoms with Gasteiger partial charge >= 0.3 is 11.9 Å². The fraction of sp³-hybridized carbons (Fsp3) is 0.238. The van der Waals surface area contributed by atoms with Crippen molar-refractivity contribution in [2.45, 2.75) is 0 Å². The molecule has 0 atom stereocenters. The highest BCUT2D eigenvalue weighted by molar-refractivity contribution is 7.18. The molecule has 0 unspecified atom stereocenters. The van der Waals surface area contributed by atoms with E-state index in [0.717, 1.165) is 0 Å². The van der Waals surface area contributed by atoms with Crippen LogP contribution in [0, 0.1) is 0 Å². The molecular weight excluding hydrogens is 412 g/mol. The summed E-state index contributed by atoms with van der Waals surface area (Å²) in [6, 6.07) is 6.83. The number of rotatable bonds is 8. The lowest BCUT2D eigenvalue weighted by Crippen LogP contribution is -2.15. The fourth-order valence-electron chi connectivity index (χ4n) is 3.21. The van der Waals surface area contributed by atoms with Crippen LogP contribution in [0.5, 0.6) is 17.2 Å². The van der Waals surface area contributed by atoms with Crippen molar-refractivity contribution in [3.8, 4) is 28.4 Å². The Morgan fingerprint density at radius 1 is 1.00 bits per heavy atom. The number of carbonyl (C=O) groups is 2. The molecule has 2 aromatic carbocycles. The summed E-state index contributed by atoms with van der Waals surface area (Å²) in [5, 5.41) is 12.3. The van der Waals surface area contributed by atoms with Gasteiger partial charge in [-0.25, -0.2) is 9.59 Å². The van der Waals surface area contributed by atoms with Crippen LogP contribution < -0.4 is 14.2 Å². The zero-order valence-electron chi connectivity index (χ0n) is 16.8. The highest BCUT2D eigenvalue weighted by Crippen LogP contribution is 2.46. The first-order chi connectivity index (χ1) is 14.5. The second-order valence-electron chi connectivity index (χ2n) is 6.03. The number of fused-ring (bicyclic) bond motifs is 1. The van der Waals surface area contributed by atoms with Gasteiger partial charge in [0.2, 0.25) is 0 Å². The van der Waals surface area contributed by atoms with E-state index in [4.69, 9.17) is 23.7 Å². The van der Waals surface area contributed by atoms with Crippen LogP contribution in [-0.4, -0.2) is 52.3 Å². The molecule has 3 aromatic rings. The smallest absolute Gasteiger partial charge is 0.340 e. The number of aromatic carboxylic acids is 1. The van der Waals surface area contributed by atoms with E-state index in [0.29, 0.717) is 32.7 Å². The molecule has 0 spiro atoms. The third-order valence-corrected chi connectivity index (χ3v) is 5.39. The molecule has 0 saturated heterocycles. The highest BCUT2D eigenvalue weighted by Gasteiger charge is 2.31. The van der Waals surface area contributed by atoms with Gasteiger partial charge in [0, 0.05) is 22.8 Å². The van der Waals surface area contributed by atoms with Gasteiger partial charge in [-0.15, -0.1) is 11.3 Å². The summed E-state index contributed by atoms with van der Waals surface area (Å²) in [6.07, 6.45) is 0. The topological polar surface area (TPSA) is 101 Å². The van der Waals surface area contributed by atoms with E-state index in [9.17, 15) is 14.7 Å². The first-order valence-electron chi connectivity index (χ1n) is 8.71. The summed E-state index contributed by atoms with van der Waals surface area (Å²) < 4.78 is 26.8. The first kappa shape index (κ1) is 21.4. The van der Waals surface area contributed by atoms with E-state index in [-0.39, 0.29) is 23.7 Å². The molecule has 0 saturated carbocycles. The largest absolute Gasteiger partial charge is 0.493 e. The van der Waals surface area contributed by atoms with E-state index in [1.807, 2.05) is 0 Å². The number of hydrogen-bond acceptors (Lipinski definition) is 8. The second kappa shape index (κ2) is 9.02. The molecule has 158 valence electrons. The minimum atomic E-state index is -1.32. The van der Waals surface area contributed by atoms with Gasteiger partial charge in [-0.1, -0.05) is 6.07 Å². The lowest BCUT2D eigenvalue weighted by molar-refractivity contribution is 0.0481. The molecule has 1 aromatic heterocycles. The Morgan fingerprint density at radius 2 is 1.73 bits per heavy atom. The number of carbonyl (C=O) groups excluding carboxylic acids is 1. The first-order valence-corrected chi connectivity index (χ1v) is 9.59. The molecule has 8 nitrogen and oxygen atoms in total. The van der Waals surface area contributed by atoms with Crippen molar-refractivity contribution in [2.24, 2.45) is 0 Å². The maximum atomic E-state index is 12.8. The van der Waals surface area contributed by atoms with Gasteiger partial charge in [0.15, 0.2) is 18.3 Å². The number of methoxy groups -OCH3 is 4. The normalized spacial score (nSPS) is 10.7. The maximum absolute atomic E-state index is 12.8. The van der Waals surface area contributed by atoms with Crippen molar-refractivity contribution in [1.29, 1.82) is 0 Å². The standard InChI is InChI=1S/C21H20O8S/c1-25-10-29-18-12-7-8-30-19(12)15(16(21(24)28-4)17(18)20(22)23)11-5-6-13(26-2)14(9-11)27-3/h5-9H,10H2,1-4H3,(H,22,23). The van der Waals surface area contributed by atoms with Gasteiger partial charge in [-0.3, -0.25) is 0 Å². The Balaban J connectivity index is 2.46. The molecule has 0 aliphatic rings.